The van der Waals surface area contributed by atoms with E-state index in [0.717, 1.165) is 30.8 Å². The molecule has 0 aliphatic rings. The molecule has 5 heteroatoms. The number of rotatable bonds is 6. The summed E-state index contributed by atoms with van der Waals surface area (Å²) in [6.07, 6.45) is 1.02. The van der Waals surface area contributed by atoms with Gasteiger partial charge in [0.25, 0.3) is 0 Å². The van der Waals surface area contributed by atoms with Crippen molar-refractivity contribution < 1.29 is 0 Å². The predicted octanol–water partition coefficient (Wildman–Crippen LogP) is 4.55. The number of benzene rings is 1. The lowest BCUT2D eigenvalue weighted by atomic mass is 10.1. The second kappa shape index (κ2) is 7.30. The highest BCUT2D eigenvalue weighted by Crippen LogP contribution is 2.29. The Hall–Kier alpha value is -1.03. The molecule has 21 heavy (non-hydrogen) atoms. The Labute approximate surface area is 136 Å². The Morgan fingerprint density at radius 2 is 2.05 bits per heavy atom. The van der Waals surface area contributed by atoms with Gasteiger partial charge in [-0.2, -0.15) is 5.10 Å². The fraction of sp³-hybridized carbons (Fsp3) is 0.438. The monoisotopic (exact) mass is 325 g/mol. The molecule has 2 aromatic rings. The van der Waals surface area contributed by atoms with Gasteiger partial charge in [0.15, 0.2) is 0 Å². The van der Waals surface area contributed by atoms with Crippen molar-refractivity contribution in [3.63, 3.8) is 0 Å². The quantitative estimate of drug-likeness (QED) is 0.790. The van der Waals surface area contributed by atoms with Crippen molar-refractivity contribution in [2.45, 2.75) is 39.8 Å². The molecule has 1 heterocycles. The lowest BCUT2D eigenvalue weighted by molar-refractivity contribution is 0.500. The topological polar surface area (TPSA) is 29.9 Å². The van der Waals surface area contributed by atoms with Gasteiger partial charge in [0.2, 0.25) is 0 Å². The van der Waals surface area contributed by atoms with Crippen LogP contribution in [-0.2, 0) is 6.54 Å². The van der Waals surface area contributed by atoms with E-state index in [-0.39, 0.29) is 6.04 Å². The maximum Gasteiger partial charge on any atom is 0.0639 e. The summed E-state index contributed by atoms with van der Waals surface area (Å²) in [5.41, 5.74) is 3.31. The first-order valence-corrected chi connectivity index (χ1v) is 7.93. The molecule has 1 N–H and O–H groups in total. The molecule has 0 aliphatic heterocycles. The summed E-state index contributed by atoms with van der Waals surface area (Å²) in [5, 5.41) is 9.18. The third-order valence-electron chi connectivity index (χ3n) is 3.55. The molecule has 3 nitrogen and oxygen atoms in total. The Bertz CT molecular complexity index is 608. The maximum absolute atomic E-state index is 6.23. The van der Waals surface area contributed by atoms with Crippen LogP contribution in [0, 0.1) is 13.8 Å². The molecule has 0 saturated heterocycles. The predicted molar refractivity (Wildman–Crippen MR) is 89.2 cm³/mol. The summed E-state index contributed by atoms with van der Waals surface area (Å²) >= 11 is 12.3. The van der Waals surface area contributed by atoms with Crippen molar-refractivity contribution in [3.8, 4) is 0 Å². The first-order valence-electron chi connectivity index (χ1n) is 7.17. The van der Waals surface area contributed by atoms with Crippen LogP contribution in [-0.4, -0.2) is 16.3 Å². The van der Waals surface area contributed by atoms with Crippen LogP contribution < -0.4 is 5.32 Å². The van der Waals surface area contributed by atoms with Crippen molar-refractivity contribution in [3.05, 3.63) is 51.3 Å². The van der Waals surface area contributed by atoms with Crippen LogP contribution in [0.15, 0.2) is 24.3 Å². The van der Waals surface area contributed by atoms with E-state index >= 15 is 0 Å². The van der Waals surface area contributed by atoms with Crippen molar-refractivity contribution in [1.29, 1.82) is 0 Å². The van der Waals surface area contributed by atoms with Crippen molar-refractivity contribution in [2.75, 3.05) is 6.54 Å². The third kappa shape index (κ3) is 4.22. The molecule has 1 atom stereocenters. The SMILES string of the molecule is Cc1cc(C)n(CCCNC(C)c2cccc(Cl)c2Cl)n1. The van der Waals surface area contributed by atoms with Gasteiger partial charge in [-0.25, -0.2) is 0 Å². The molecule has 1 aromatic carbocycles. The van der Waals surface area contributed by atoms with Gasteiger partial charge in [-0.3, -0.25) is 4.68 Å². The molecule has 2 rings (SSSR count). The van der Waals surface area contributed by atoms with Gasteiger partial charge < -0.3 is 5.32 Å². The zero-order valence-corrected chi connectivity index (χ0v) is 14.2. The molecule has 1 unspecified atom stereocenters. The second-order valence-electron chi connectivity index (χ2n) is 5.32. The third-order valence-corrected chi connectivity index (χ3v) is 4.38. The van der Waals surface area contributed by atoms with E-state index in [1.165, 1.54) is 5.69 Å². The van der Waals surface area contributed by atoms with Crippen molar-refractivity contribution in [1.82, 2.24) is 15.1 Å². The molecule has 0 radical (unpaired) electrons. The van der Waals surface area contributed by atoms with E-state index in [1.54, 1.807) is 0 Å². The van der Waals surface area contributed by atoms with E-state index in [0.29, 0.717) is 10.0 Å². The summed E-state index contributed by atoms with van der Waals surface area (Å²) in [6.45, 7) is 8.03. The number of hydrogen-bond donors (Lipinski definition) is 1. The van der Waals surface area contributed by atoms with E-state index in [4.69, 9.17) is 23.2 Å². The normalized spacial score (nSPS) is 12.6. The largest absolute Gasteiger partial charge is 0.310 e. The highest BCUT2D eigenvalue weighted by Gasteiger charge is 2.11. The van der Waals surface area contributed by atoms with Crippen LogP contribution in [0.2, 0.25) is 10.0 Å². The van der Waals surface area contributed by atoms with Crippen molar-refractivity contribution >= 4 is 23.2 Å². The van der Waals surface area contributed by atoms with E-state index < -0.39 is 0 Å². The molecule has 0 fully saturated rings. The zero-order chi connectivity index (χ0) is 15.4. The van der Waals surface area contributed by atoms with Gasteiger partial charge in [0.05, 0.1) is 15.7 Å². The summed E-state index contributed by atoms with van der Waals surface area (Å²) in [6, 6.07) is 8.02. The number of hydrogen-bond acceptors (Lipinski definition) is 2. The van der Waals surface area contributed by atoms with Crippen LogP contribution in [0.3, 0.4) is 0 Å². The average molecular weight is 326 g/mol. The summed E-state index contributed by atoms with van der Waals surface area (Å²) in [5.74, 6) is 0. The van der Waals surface area contributed by atoms with Gasteiger partial charge in [-0.1, -0.05) is 35.3 Å². The standard InChI is InChI=1S/C16H21Cl2N3/c1-11-10-12(2)21(20-11)9-5-8-19-13(3)14-6-4-7-15(17)16(14)18/h4,6-7,10,13,19H,5,8-9H2,1-3H3. The fourth-order valence-corrected chi connectivity index (χ4v) is 2.89. The van der Waals surface area contributed by atoms with Crippen LogP contribution >= 0.6 is 23.2 Å². The highest BCUT2D eigenvalue weighted by atomic mass is 35.5. The van der Waals surface area contributed by atoms with E-state index in [1.807, 2.05) is 29.8 Å². The number of nitrogens with one attached hydrogen (secondary N) is 1. The van der Waals surface area contributed by atoms with Gasteiger partial charge in [0, 0.05) is 18.3 Å². The molecule has 0 saturated carbocycles. The van der Waals surface area contributed by atoms with E-state index in [9.17, 15) is 0 Å². The smallest absolute Gasteiger partial charge is 0.0639 e. The first-order chi connectivity index (χ1) is 9.99. The van der Waals surface area contributed by atoms with Crippen LogP contribution in [0.25, 0.3) is 0 Å². The number of halogens is 2. The molecule has 114 valence electrons. The molecule has 1 aromatic heterocycles. The minimum absolute atomic E-state index is 0.177. The van der Waals surface area contributed by atoms with E-state index in [2.05, 4.69) is 30.3 Å². The van der Waals surface area contributed by atoms with Gasteiger partial charge in [-0.15, -0.1) is 0 Å². The van der Waals surface area contributed by atoms with Crippen LogP contribution in [0.1, 0.15) is 36.3 Å². The minimum atomic E-state index is 0.177. The minimum Gasteiger partial charge on any atom is -0.310 e. The molecular formula is C16H21Cl2N3. The molecule has 0 amide bonds. The number of aryl methyl sites for hydroxylation is 3. The summed E-state index contributed by atoms with van der Waals surface area (Å²) in [4.78, 5) is 0. The fourth-order valence-electron chi connectivity index (χ4n) is 2.41. The number of nitrogens with zero attached hydrogens (tertiary/aromatic N) is 2. The lowest BCUT2D eigenvalue weighted by Gasteiger charge is -2.16. The lowest BCUT2D eigenvalue weighted by Crippen LogP contribution is -2.21. The van der Waals surface area contributed by atoms with Gasteiger partial charge in [-0.05, 0) is 51.4 Å². The Balaban J connectivity index is 1.83. The zero-order valence-electron chi connectivity index (χ0n) is 12.7. The molecular weight excluding hydrogens is 305 g/mol. The Morgan fingerprint density at radius 1 is 1.29 bits per heavy atom. The average Bonchev–Trinajstić information content (AvgIpc) is 2.76. The highest BCUT2D eigenvalue weighted by molar-refractivity contribution is 6.42. The number of aromatic nitrogens is 2. The van der Waals surface area contributed by atoms with Crippen molar-refractivity contribution in [2.24, 2.45) is 0 Å². The molecule has 0 spiro atoms. The first kappa shape index (κ1) is 16.3. The van der Waals surface area contributed by atoms with Crippen LogP contribution in [0.4, 0.5) is 0 Å². The summed E-state index contributed by atoms with van der Waals surface area (Å²) in [7, 11) is 0. The molecule has 0 bridgehead atoms. The Kier molecular flexibility index (Phi) is 5.68. The molecule has 0 aliphatic carbocycles. The maximum atomic E-state index is 6.23. The second-order valence-corrected chi connectivity index (χ2v) is 6.11. The van der Waals surface area contributed by atoms with Gasteiger partial charge in [0.1, 0.15) is 0 Å². The Morgan fingerprint density at radius 3 is 2.71 bits per heavy atom. The van der Waals surface area contributed by atoms with Crippen LogP contribution in [0.5, 0.6) is 0 Å². The van der Waals surface area contributed by atoms with Gasteiger partial charge >= 0.3 is 0 Å². The summed E-state index contributed by atoms with van der Waals surface area (Å²) < 4.78 is 2.05.